The van der Waals surface area contributed by atoms with Gasteiger partial charge in [0.25, 0.3) is 0 Å². The van der Waals surface area contributed by atoms with Gasteiger partial charge < -0.3 is 14.1 Å². The summed E-state index contributed by atoms with van der Waals surface area (Å²) in [6, 6.07) is 0. The minimum atomic E-state index is -0.240. The molecule has 0 fully saturated rings. The van der Waals surface area contributed by atoms with Gasteiger partial charge in [-0.2, -0.15) is 0 Å². The van der Waals surface area contributed by atoms with Crippen molar-refractivity contribution in [2.24, 2.45) is 0 Å². The maximum atomic E-state index is 11.4. The molecule has 108 valence electrons. The Morgan fingerprint density at radius 3 is 2.17 bits per heavy atom. The van der Waals surface area contributed by atoms with E-state index < -0.39 is 0 Å². The number of carbonyl (C=O) groups excluding carboxylic acids is 1. The summed E-state index contributed by atoms with van der Waals surface area (Å²) in [5.74, 6) is 0. The number of ether oxygens (including phenoxy) is 1. The molecule has 0 aliphatic rings. The quantitative estimate of drug-likeness (QED) is 0.596. The number of likely N-dealkylation sites (N-methyl/N-ethyl adjacent to an activating group) is 1. The lowest BCUT2D eigenvalue weighted by Gasteiger charge is -2.37. The van der Waals surface area contributed by atoms with E-state index in [0.717, 1.165) is 17.6 Å². The zero-order valence-corrected chi connectivity index (χ0v) is 12.9. The van der Waals surface area contributed by atoms with Gasteiger partial charge in [-0.3, -0.25) is 0 Å². The minimum Gasteiger partial charge on any atom is -0.443 e. The summed E-state index contributed by atoms with van der Waals surface area (Å²) in [5, 5.41) is 0. The molecule has 0 spiro atoms. The summed E-state index contributed by atoms with van der Waals surface area (Å²) in [6.07, 6.45) is 3.41. The Labute approximate surface area is 112 Å². The van der Waals surface area contributed by atoms with Gasteiger partial charge in [0.15, 0.2) is 0 Å². The molecule has 0 aromatic heterocycles. The molecule has 1 amide bonds. The van der Waals surface area contributed by atoms with Crippen molar-refractivity contribution in [3.63, 3.8) is 0 Å². The Balaban J connectivity index is 4.26. The van der Waals surface area contributed by atoms with Crippen molar-refractivity contribution < 1.29 is 14.0 Å². The van der Waals surface area contributed by atoms with Gasteiger partial charge in [0, 0.05) is 14.1 Å². The van der Waals surface area contributed by atoms with Crippen molar-refractivity contribution in [3.05, 3.63) is 0 Å². The van der Waals surface area contributed by atoms with Crippen molar-refractivity contribution >= 4 is 6.09 Å². The second kappa shape index (κ2) is 9.20. The molecule has 0 bridgehead atoms. The van der Waals surface area contributed by atoms with Gasteiger partial charge in [0.05, 0.1) is 19.6 Å². The SMILES string of the molecule is CCCC[N+](CC)(CCC)CCOC(=O)N(C)C. The molecular formula is C14H31N2O2+. The topological polar surface area (TPSA) is 29.5 Å². The molecule has 0 aromatic carbocycles. The molecule has 1 atom stereocenters. The van der Waals surface area contributed by atoms with Crippen LogP contribution in [0.3, 0.4) is 0 Å². The van der Waals surface area contributed by atoms with E-state index in [1.165, 1.54) is 37.3 Å². The monoisotopic (exact) mass is 259 g/mol. The molecule has 0 N–H and O–H groups in total. The van der Waals surface area contributed by atoms with E-state index in [1.807, 2.05) is 0 Å². The first-order valence-corrected chi connectivity index (χ1v) is 7.20. The van der Waals surface area contributed by atoms with Crippen LogP contribution in [0.25, 0.3) is 0 Å². The van der Waals surface area contributed by atoms with Crippen molar-refractivity contribution in [2.75, 3.05) is 46.9 Å². The number of rotatable bonds is 9. The van der Waals surface area contributed by atoms with Gasteiger partial charge in [-0.25, -0.2) is 4.79 Å². The first-order valence-electron chi connectivity index (χ1n) is 7.20. The Morgan fingerprint density at radius 2 is 1.72 bits per heavy atom. The highest BCUT2D eigenvalue weighted by atomic mass is 16.6. The summed E-state index contributed by atoms with van der Waals surface area (Å²) in [7, 11) is 3.43. The van der Waals surface area contributed by atoms with Crippen LogP contribution in [0.5, 0.6) is 0 Å². The van der Waals surface area contributed by atoms with Gasteiger partial charge >= 0.3 is 6.09 Å². The number of hydrogen-bond donors (Lipinski definition) is 0. The van der Waals surface area contributed by atoms with Gasteiger partial charge in [0.1, 0.15) is 13.2 Å². The number of amides is 1. The standard InChI is InChI=1S/C14H31N2O2/c1-6-9-11-16(8-3,10-7-2)12-13-18-14(17)15(4)5/h6-13H2,1-5H3/q+1. The molecule has 0 aliphatic heterocycles. The second-order valence-corrected chi connectivity index (χ2v) is 5.19. The third-order valence-corrected chi connectivity index (χ3v) is 3.51. The summed E-state index contributed by atoms with van der Waals surface area (Å²) in [6.45, 7) is 11.6. The molecule has 0 saturated heterocycles. The maximum Gasteiger partial charge on any atom is 0.409 e. The Hall–Kier alpha value is -0.770. The summed E-state index contributed by atoms with van der Waals surface area (Å²) >= 11 is 0. The highest BCUT2D eigenvalue weighted by Crippen LogP contribution is 2.11. The first kappa shape index (κ1) is 17.2. The van der Waals surface area contributed by atoms with Crippen molar-refractivity contribution in [1.29, 1.82) is 0 Å². The van der Waals surface area contributed by atoms with E-state index in [1.54, 1.807) is 14.1 Å². The van der Waals surface area contributed by atoms with Gasteiger partial charge in [-0.15, -0.1) is 0 Å². The number of hydrogen-bond acceptors (Lipinski definition) is 2. The van der Waals surface area contributed by atoms with Crippen molar-refractivity contribution in [3.8, 4) is 0 Å². The molecule has 0 aromatic rings. The van der Waals surface area contributed by atoms with E-state index >= 15 is 0 Å². The summed E-state index contributed by atoms with van der Waals surface area (Å²) in [5.41, 5.74) is 0. The average Bonchev–Trinajstić information content (AvgIpc) is 2.35. The number of quaternary nitrogens is 1. The van der Waals surface area contributed by atoms with Crippen LogP contribution in [0.4, 0.5) is 4.79 Å². The second-order valence-electron chi connectivity index (χ2n) is 5.19. The van der Waals surface area contributed by atoms with E-state index in [4.69, 9.17) is 4.74 Å². The molecule has 1 unspecified atom stereocenters. The zero-order chi connectivity index (χ0) is 14.0. The fraction of sp³-hybridized carbons (Fsp3) is 0.929. The predicted octanol–water partition coefficient (Wildman–Crippen LogP) is 2.73. The normalized spacial score (nSPS) is 14.1. The molecule has 4 nitrogen and oxygen atoms in total. The molecule has 4 heteroatoms. The third kappa shape index (κ3) is 6.24. The van der Waals surface area contributed by atoms with Gasteiger partial charge in [-0.1, -0.05) is 20.3 Å². The lowest BCUT2D eigenvalue weighted by atomic mass is 10.2. The lowest BCUT2D eigenvalue weighted by molar-refractivity contribution is -0.927. The molecule has 0 rings (SSSR count). The van der Waals surface area contributed by atoms with Crippen LogP contribution in [0.15, 0.2) is 0 Å². The van der Waals surface area contributed by atoms with Crippen LogP contribution in [0.2, 0.25) is 0 Å². The Kier molecular flexibility index (Phi) is 8.81. The molecule has 18 heavy (non-hydrogen) atoms. The van der Waals surface area contributed by atoms with E-state index in [9.17, 15) is 4.79 Å². The van der Waals surface area contributed by atoms with Crippen molar-refractivity contribution in [2.45, 2.75) is 40.0 Å². The highest BCUT2D eigenvalue weighted by Gasteiger charge is 2.24. The fourth-order valence-corrected chi connectivity index (χ4v) is 2.23. The van der Waals surface area contributed by atoms with Crippen LogP contribution in [0, 0.1) is 0 Å². The largest absolute Gasteiger partial charge is 0.443 e. The molecular weight excluding hydrogens is 228 g/mol. The van der Waals surface area contributed by atoms with Crippen LogP contribution in [0.1, 0.15) is 40.0 Å². The van der Waals surface area contributed by atoms with Gasteiger partial charge in [-0.05, 0) is 19.8 Å². The van der Waals surface area contributed by atoms with Gasteiger partial charge in [0.2, 0.25) is 0 Å². The van der Waals surface area contributed by atoms with Crippen molar-refractivity contribution in [1.82, 2.24) is 4.90 Å². The summed E-state index contributed by atoms with van der Waals surface area (Å²) < 4.78 is 6.33. The number of nitrogens with zero attached hydrogens (tertiary/aromatic N) is 2. The number of carbonyl (C=O) groups is 1. The lowest BCUT2D eigenvalue weighted by Crippen LogP contribution is -2.51. The van der Waals surface area contributed by atoms with Crippen LogP contribution in [-0.4, -0.2) is 62.4 Å². The molecule has 0 radical (unpaired) electrons. The molecule has 0 heterocycles. The molecule has 0 aliphatic carbocycles. The summed E-state index contributed by atoms with van der Waals surface area (Å²) in [4.78, 5) is 12.9. The van der Waals surface area contributed by atoms with E-state index in [2.05, 4.69) is 20.8 Å². The van der Waals surface area contributed by atoms with Crippen LogP contribution < -0.4 is 0 Å². The van der Waals surface area contributed by atoms with E-state index in [0.29, 0.717) is 6.61 Å². The highest BCUT2D eigenvalue weighted by molar-refractivity contribution is 5.66. The minimum absolute atomic E-state index is 0.240. The fourth-order valence-electron chi connectivity index (χ4n) is 2.23. The first-order chi connectivity index (χ1) is 8.51. The average molecular weight is 259 g/mol. The smallest absolute Gasteiger partial charge is 0.409 e. The Bertz CT molecular complexity index is 232. The van der Waals surface area contributed by atoms with Crippen LogP contribution >= 0.6 is 0 Å². The molecule has 0 saturated carbocycles. The predicted molar refractivity (Wildman–Crippen MR) is 75.6 cm³/mol. The Morgan fingerprint density at radius 1 is 1.06 bits per heavy atom. The van der Waals surface area contributed by atoms with Crippen LogP contribution in [-0.2, 0) is 4.74 Å². The third-order valence-electron chi connectivity index (χ3n) is 3.51. The van der Waals surface area contributed by atoms with E-state index in [-0.39, 0.29) is 6.09 Å². The number of unbranched alkanes of at least 4 members (excludes halogenated alkanes) is 1. The maximum absolute atomic E-state index is 11.4. The zero-order valence-electron chi connectivity index (χ0n) is 12.9.